The van der Waals surface area contributed by atoms with Crippen molar-refractivity contribution in [2.75, 3.05) is 20.0 Å². The summed E-state index contributed by atoms with van der Waals surface area (Å²) in [5.41, 5.74) is 9.23. The van der Waals surface area contributed by atoms with Gasteiger partial charge in [0.05, 0.1) is 31.2 Å². The lowest BCUT2D eigenvalue weighted by molar-refractivity contribution is 0.101. The van der Waals surface area contributed by atoms with Crippen molar-refractivity contribution in [1.82, 2.24) is 4.98 Å². The van der Waals surface area contributed by atoms with E-state index < -0.39 is 0 Å². The van der Waals surface area contributed by atoms with Gasteiger partial charge in [-0.15, -0.1) is 0 Å². The molecule has 1 heterocycles. The fourth-order valence-corrected chi connectivity index (χ4v) is 2.32. The Balaban J connectivity index is 2.68. The number of nitrogen functional groups attached to an aromatic ring is 1. The number of nitrogens with one attached hydrogen (secondary N) is 1. The van der Waals surface area contributed by atoms with Crippen LogP contribution in [0.25, 0.3) is 11.3 Å². The predicted molar refractivity (Wildman–Crippen MR) is 78.5 cm³/mol. The van der Waals surface area contributed by atoms with Crippen LogP contribution in [-0.2, 0) is 0 Å². The van der Waals surface area contributed by atoms with Gasteiger partial charge in [0.15, 0.2) is 5.78 Å². The van der Waals surface area contributed by atoms with E-state index >= 15 is 0 Å². The van der Waals surface area contributed by atoms with E-state index in [-0.39, 0.29) is 5.78 Å². The predicted octanol–water partition coefficient (Wildman–Crippen LogP) is 2.79. The number of carbonyl (C=O) groups is 1. The van der Waals surface area contributed by atoms with E-state index in [9.17, 15) is 4.79 Å². The first kappa shape index (κ1) is 14.0. The van der Waals surface area contributed by atoms with Gasteiger partial charge >= 0.3 is 0 Å². The van der Waals surface area contributed by atoms with Gasteiger partial charge in [-0.3, -0.25) is 4.79 Å². The Morgan fingerprint density at radius 1 is 1.25 bits per heavy atom. The van der Waals surface area contributed by atoms with Gasteiger partial charge in [-0.05, 0) is 32.0 Å². The SMILES string of the molecule is COc1ccc(OC)c(-c2[nH]c(C)c(C(C)=O)c2N)c1. The Kier molecular flexibility index (Phi) is 3.70. The second-order valence-corrected chi connectivity index (χ2v) is 4.54. The molecule has 0 spiro atoms. The molecule has 0 radical (unpaired) electrons. The van der Waals surface area contributed by atoms with E-state index in [0.29, 0.717) is 28.4 Å². The molecular weight excluding hydrogens is 256 g/mol. The van der Waals surface area contributed by atoms with Crippen LogP contribution in [-0.4, -0.2) is 25.0 Å². The number of aromatic amines is 1. The molecule has 0 aliphatic carbocycles. The van der Waals surface area contributed by atoms with E-state index in [4.69, 9.17) is 15.2 Å². The van der Waals surface area contributed by atoms with Crippen molar-refractivity contribution in [3.05, 3.63) is 29.5 Å². The van der Waals surface area contributed by atoms with Gasteiger partial charge in [0.1, 0.15) is 11.5 Å². The second-order valence-electron chi connectivity index (χ2n) is 4.54. The molecule has 0 aliphatic heterocycles. The third kappa shape index (κ3) is 2.22. The van der Waals surface area contributed by atoms with Crippen molar-refractivity contribution in [3.8, 4) is 22.8 Å². The highest BCUT2D eigenvalue weighted by atomic mass is 16.5. The fraction of sp³-hybridized carbons (Fsp3) is 0.267. The van der Waals surface area contributed by atoms with Crippen LogP contribution < -0.4 is 15.2 Å². The summed E-state index contributed by atoms with van der Waals surface area (Å²) in [6, 6.07) is 5.43. The van der Waals surface area contributed by atoms with Gasteiger partial charge < -0.3 is 20.2 Å². The maximum atomic E-state index is 11.7. The molecule has 0 unspecified atom stereocenters. The van der Waals surface area contributed by atoms with Crippen LogP contribution in [0.5, 0.6) is 11.5 Å². The molecular formula is C15H18N2O3. The zero-order chi connectivity index (χ0) is 14.9. The summed E-state index contributed by atoms with van der Waals surface area (Å²) in [4.78, 5) is 14.8. The molecule has 0 aliphatic rings. The number of methoxy groups -OCH3 is 2. The summed E-state index contributed by atoms with van der Waals surface area (Å²) in [5, 5.41) is 0. The molecule has 20 heavy (non-hydrogen) atoms. The van der Waals surface area contributed by atoms with Crippen molar-refractivity contribution in [1.29, 1.82) is 0 Å². The second kappa shape index (κ2) is 5.28. The number of Topliss-reactive ketones (excluding diaryl/α,β-unsaturated/α-hetero) is 1. The summed E-state index contributed by atoms with van der Waals surface area (Å²) in [6.07, 6.45) is 0. The molecule has 0 fully saturated rings. The molecule has 1 aromatic carbocycles. The van der Waals surface area contributed by atoms with Gasteiger partial charge in [-0.25, -0.2) is 0 Å². The number of benzene rings is 1. The molecule has 0 saturated heterocycles. The van der Waals surface area contributed by atoms with Crippen LogP contribution in [0, 0.1) is 6.92 Å². The van der Waals surface area contributed by atoms with Crippen molar-refractivity contribution in [3.63, 3.8) is 0 Å². The Morgan fingerprint density at radius 3 is 2.45 bits per heavy atom. The molecule has 2 rings (SSSR count). The van der Waals surface area contributed by atoms with Crippen molar-refractivity contribution in [2.24, 2.45) is 0 Å². The van der Waals surface area contributed by atoms with E-state index in [1.165, 1.54) is 6.92 Å². The summed E-state index contributed by atoms with van der Waals surface area (Å²) in [7, 11) is 3.18. The molecule has 1 aromatic heterocycles. The average molecular weight is 274 g/mol. The van der Waals surface area contributed by atoms with Crippen LogP contribution in [0.15, 0.2) is 18.2 Å². The summed E-state index contributed by atoms with van der Waals surface area (Å²) >= 11 is 0. The van der Waals surface area contributed by atoms with Crippen LogP contribution in [0.2, 0.25) is 0 Å². The number of ether oxygens (including phenoxy) is 2. The summed E-state index contributed by atoms with van der Waals surface area (Å²) in [6.45, 7) is 3.32. The number of hydrogen-bond acceptors (Lipinski definition) is 4. The number of carbonyl (C=O) groups excluding carboxylic acids is 1. The third-order valence-electron chi connectivity index (χ3n) is 3.25. The van der Waals surface area contributed by atoms with Gasteiger partial charge in [-0.2, -0.15) is 0 Å². The third-order valence-corrected chi connectivity index (χ3v) is 3.25. The smallest absolute Gasteiger partial charge is 0.163 e. The molecule has 0 saturated carbocycles. The first-order valence-corrected chi connectivity index (χ1v) is 6.21. The first-order valence-electron chi connectivity index (χ1n) is 6.21. The monoisotopic (exact) mass is 274 g/mol. The molecule has 0 bridgehead atoms. The fourth-order valence-electron chi connectivity index (χ4n) is 2.32. The largest absolute Gasteiger partial charge is 0.497 e. The zero-order valence-electron chi connectivity index (χ0n) is 12.0. The van der Waals surface area contributed by atoms with E-state index in [0.717, 1.165) is 11.3 Å². The highest BCUT2D eigenvalue weighted by Crippen LogP contribution is 2.38. The number of ketones is 1. The zero-order valence-corrected chi connectivity index (χ0v) is 12.0. The molecule has 0 amide bonds. The number of aromatic nitrogens is 1. The Labute approximate surface area is 117 Å². The van der Waals surface area contributed by atoms with Crippen LogP contribution in [0.3, 0.4) is 0 Å². The lowest BCUT2D eigenvalue weighted by atomic mass is 10.1. The summed E-state index contributed by atoms with van der Waals surface area (Å²) < 4.78 is 10.6. The minimum Gasteiger partial charge on any atom is -0.497 e. The minimum atomic E-state index is -0.0654. The Hall–Kier alpha value is -2.43. The number of hydrogen-bond donors (Lipinski definition) is 2. The van der Waals surface area contributed by atoms with Crippen LogP contribution >= 0.6 is 0 Å². The van der Waals surface area contributed by atoms with E-state index in [2.05, 4.69) is 4.98 Å². The van der Waals surface area contributed by atoms with E-state index in [1.807, 2.05) is 13.0 Å². The Bertz CT molecular complexity index is 659. The highest BCUT2D eigenvalue weighted by Gasteiger charge is 2.19. The lowest BCUT2D eigenvalue weighted by Gasteiger charge is -2.10. The van der Waals surface area contributed by atoms with Crippen molar-refractivity contribution in [2.45, 2.75) is 13.8 Å². The highest BCUT2D eigenvalue weighted by molar-refractivity contribution is 6.04. The van der Waals surface area contributed by atoms with Gasteiger partial charge in [0.25, 0.3) is 0 Å². The number of rotatable bonds is 4. The molecule has 0 atom stereocenters. The van der Waals surface area contributed by atoms with E-state index in [1.54, 1.807) is 26.4 Å². The lowest BCUT2D eigenvalue weighted by Crippen LogP contribution is -1.98. The molecule has 5 heteroatoms. The van der Waals surface area contributed by atoms with Gasteiger partial charge in [0, 0.05) is 11.3 Å². The van der Waals surface area contributed by atoms with Crippen LogP contribution in [0.1, 0.15) is 23.0 Å². The maximum absolute atomic E-state index is 11.7. The maximum Gasteiger partial charge on any atom is 0.163 e. The first-order chi connectivity index (χ1) is 9.49. The van der Waals surface area contributed by atoms with Crippen LogP contribution in [0.4, 0.5) is 5.69 Å². The average Bonchev–Trinajstić information content (AvgIpc) is 2.73. The Morgan fingerprint density at radius 2 is 1.95 bits per heavy atom. The molecule has 5 nitrogen and oxygen atoms in total. The number of aryl methyl sites for hydroxylation is 1. The summed E-state index contributed by atoms with van der Waals surface area (Å²) in [5.74, 6) is 1.29. The number of anilines is 1. The van der Waals surface area contributed by atoms with Gasteiger partial charge in [0.2, 0.25) is 0 Å². The number of H-pyrrole nitrogens is 1. The topological polar surface area (TPSA) is 77.3 Å². The molecule has 106 valence electrons. The normalized spacial score (nSPS) is 10.4. The quantitative estimate of drug-likeness (QED) is 0.840. The molecule has 2 aromatic rings. The minimum absolute atomic E-state index is 0.0654. The number of nitrogens with two attached hydrogens (primary N) is 1. The van der Waals surface area contributed by atoms with Gasteiger partial charge in [-0.1, -0.05) is 0 Å². The molecule has 3 N–H and O–H groups in total. The standard InChI is InChI=1S/C15H18N2O3/c1-8-13(9(2)18)14(16)15(17-8)11-7-10(19-3)5-6-12(11)20-4/h5-7,17H,16H2,1-4H3. The van der Waals surface area contributed by atoms with Crippen molar-refractivity contribution < 1.29 is 14.3 Å². The van der Waals surface area contributed by atoms with Crippen molar-refractivity contribution >= 4 is 11.5 Å².